The summed E-state index contributed by atoms with van der Waals surface area (Å²) >= 11 is 1.44. The molecule has 0 saturated carbocycles. The van der Waals surface area contributed by atoms with Crippen molar-refractivity contribution in [3.05, 3.63) is 27.3 Å². The fraction of sp³-hybridized carbons (Fsp3) is 0.625. The molecule has 0 radical (unpaired) electrons. The lowest BCUT2D eigenvalue weighted by atomic mass is 10.1. The van der Waals surface area contributed by atoms with Crippen LogP contribution in [-0.4, -0.2) is 43.7 Å². The Morgan fingerprint density at radius 3 is 2.79 bits per heavy atom. The first-order valence-corrected chi connectivity index (χ1v) is 8.92. The highest BCUT2D eigenvalue weighted by atomic mass is 32.1. The minimum atomic E-state index is -0.588. The molecular formula is C16H22N4O3S. The van der Waals surface area contributed by atoms with Gasteiger partial charge in [0.2, 0.25) is 5.89 Å². The lowest BCUT2D eigenvalue weighted by Gasteiger charge is -2.21. The number of aliphatic hydroxyl groups is 1. The minimum absolute atomic E-state index is 0.127. The molecule has 0 unspecified atom stereocenters. The molecule has 8 heteroatoms. The van der Waals surface area contributed by atoms with Gasteiger partial charge in [0.05, 0.1) is 16.8 Å². The summed E-state index contributed by atoms with van der Waals surface area (Å²) in [6, 6.07) is -0.385. The summed E-state index contributed by atoms with van der Waals surface area (Å²) in [5.74, 6) is 1.26. The number of carbonyl (C=O) groups excluding carboxylic acids is 1. The first kappa shape index (κ1) is 17.0. The van der Waals surface area contributed by atoms with Crippen molar-refractivity contribution < 1.29 is 14.4 Å². The molecule has 1 fully saturated rings. The summed E-state index contributed by atoms with van der Waals surface area (Å²) in [5.41, 5.74) is 0.738. The standard InChI is InChI=1S/C16H22N4O3S/c1-8(2)5-13-17-9(3)14(24-13)16(22)20-7-11(21)6-12(20)15-18-10(4)19-23-15/h8,11-12,21H,5-7H2,1-4H3/t11-,12-/m1/s1. The topological polar surface area (TPSA) is 92.4 Å². The number of amides is 1. The Labute approximate surface area is 144 Å². The number of aliphatic hydroxyl groups excluding tert-OH is 1. The molecule has 7 nitrogen and oxygen atoms in total. The normalized spacial score (nSPS) is 21.0. The Bertz CT molecular complexity index is 740. The molecule has 1 aliphatic heterocycles. The Morgan fingerprint density at radius 1 is 1.42 bits per heavy atom. The van der Waals surface area contributed by atoms with Gasteiger partial charge in [0.1, 0.15) is 10.9 Å². The van der Waals surface area contributed by atoms with E-state index in [1.165, 1.54) is 11.3 Å². The van der Waals surface area contributed by atoms with Gasteiger partial charge in [-0.25, -0.2) is 4.98 Å². The van der Waals surface area contributed by atoms with Crippen LogP contribution in [0.1, 0.15) is 58.4 Å². The molecule has 1 aliphatic rings. The summed E-state index contributed by atoms with van der Waals surface area (Å²) in [6.07, 6.45) is 0.673. The summed E-state index contributed by atoms with van der Waals surface area (Å²) in [6.45, 7) is 8.11. The number of aryl methyl sites for hydroxylation is 2. The number of rotatable bonds is 4. The van der Waals surface area contributed by atoms with E-state index < -0.39 is 6.10 Å². The maximum absolute atomic E-state index is 13.0. The van der Waals surface area contributed by atoms with E-state index in [-0.39, 0.29) is 18.5 Å². The van der Waals surface area contributed by atoms with E-state index in [1.807, 2.05) is 6.92 Å². The Hall–Kier alpha value is -1.80. The number of β-amino-alcohol motifs (C(OH)–C–C–N with tert-alkyl or cyclic N) is 1. The predicted molar refractivity (Wildman–Crippen MR) is 88.8 cm³/mol. The number of hydrogen-bond acceptors (Lipinski definition) is 7. The third-order valence-corrected chi connectivity index (χ3v) is 5.15. The lowest BCUT2D eigenvalue weighted by Crippen LogP contribution is -2.31. The molecule has 0 bridgehead atoms. The summed E-state index contributed by atoms with van der Waals surface area (Å²) in [7, 11) is 0. The van der Waals surface area contributed by atoms with Crippen LogP contribution in [0.2, 0.25) is 0 Å². The number of aromatic nitrogens is 3. The van der Waals surface area contributed by atoms with E-state index >= 15 is 0 Å². The van der Waals surface area contributed by atoms with Crippen molar-refractivity contribution in [2.24, 2.45) is 5.92 Å². The molecule has 0 aliphatic carbocycles. The van der Waals surface area contributed by atoms with Crippen molar-refractivity contribution in [1.29, 1.82) is 0 Å². The quantitative estimate of drug-likeness (QED) is 0.909. The zero-order chi connectivity index (χ0) is 17.4. The molecule has 0 spiro atoms. The van der Waals surface area contributed by atoms with E-state index in [0.29, 0.717) is 28.9 Å². The van der Waals surface area contributed by atoms with Crippen LogP contribution in [0.5, 0.6) is 0 Å². The number of thiazole rings is 1. The molecule has 2 aromatic rings. The van der Waals surface area contributed by atoms with E-state index in [2.05, 4.69) is 29.0 Å². The van der Waals surface area contributed by atoms with Crippen molar-refractivity contribution in [1.82, 2.24) is 20.0 Å². The SMILES string of the molecule is Cc1noc([C@H]2C[C@@H](O)CN2C(=O)c2sc(CC(C)C)nc2C)n1. The van der Waals surface area contributed by atoms with Crippen LogP contribution in [0.4, 0.5) is 0 Å². The van der Waals surface area contributed by atoms with Gasteiger partial charge in [-0.1, -0.05) is 19.0 Å². The van der Waals surface area contributed by atoms with Crippen LogP contribution in [0, 0.1) is 19.8 Å². The highest BCUT2D eigenvalue weighted by molar-refractivity contribution is 7.13. The monoisotopic (exact) mass is 350 g/mol. The minimum Gasteiger partial charge on any atom is -0.391 e. The Morgan fingerprint density at radius 2 is 2.17 bits per heavy atom. The highest BCUT2D eigenvalue weighted by Crippen LogP contribution is 2.34. The fourth-order valence-corrected chi connectivity index (χ4v) is 4.17. The van der Waals surface area contributed by atoms with Gasteiger partial charge >= 0.3 is 0 Å². The number of nitrogens with zero attached hydrogens (tertiary/aromatic N) is 4. The van der Waals surface area contributed by atoms with Gasteiger partial charge < -0.3 is 14.5 Å². The number of hydrogen-bond donors (Lipinski definition) is 1. The second-order valence-electron chi connectivity index (χ2n) is 6.66. The maximum Gasteiger partial charge on any atom is 0.266 e. The fourth-order valence-electron chi connectivity index (χ4n) is 2.94. The van der Waals surface area contributed by atoms with Crippen LogP contribution < -0.4 is 0 Å². The van der Waals surface area contributed by atoms with Gasteiger partial charge in [-0.05, 0) is 19.8 Å². The van der Waals surface area contributed by atoms with Crippen LogP contribution >= 0.6 is 11.3 Å². The zero-order valence-corrected chi connectivity index (χ0v) is 15.1. The molecule has 24 heavy (non-hydrogen) atoms. The second-order valence-corrected chi connectivity index (χ2v) is 7.75. The van der Waals surface area contributed by atoms with Gasteiger partial charge in [-0.2, -0.15) is 4.98 Å². The molecule has 3 heterocycles. The second kappa shape index (κ2) is 6.60. The van der Waals surface area contributed by atoms with Crippen molar-refractivity contribution in [2.75, 3.05) is 6.54 Å². The summed E-state index contributed by atoms with van der Waals surface area (Å²) in [5, 5.41) is 14.8. The average Bonchev–Trinajstić information content (AvgIpc) is 3.17. The molecular weight excluding hydrogens is 328 g/mol. The van der Waals surface area contributed by atoms with Crippen LogP contribution in [0.25, 0.3) is 0 Å². The van der Waals surface area contributed by atoms with E-state index in [0.717, 1.165) is 17.1 Å². The van der Waals surface area contributed by atoms with Crippen LogP contribution in [0.3, 0.4) is 0 Å². The van der Waals surface area contributed by atoms with Crippen molar-refractivity contribution in [3.8, 4) is 0 Å². The van der Waals surface area contributed by atoms with Gasteiger partial charge in [-0.15, -0.1) is 11.3 Å². The third-order valence-electron chi connectivity index (χ3n) is 3.99. The van der Waals surface area contributed by atoms with E-state index in [1.54, 1.807) is 11.8 Å². The Balaban J connectivity index is 1.86. The van der Waals surface area contributed by atoms with Crippen LogP contribution in [-0.2, 0) is 6.42 Å². The molecule has 2 atom stereocenters. The van der Waals surface area contributed by atoms with E-state index in [9.17, 15) is 9.90 Å². The molecule has 1 saturated heterocycles. The molecule has 1 N–H and O–H groups in total. The van der Waals surface area contributed by atoms with Crippen molar-refractivity contribution in [2.45, 2.75) is 52.7 Å². The zero-order valence-electron chi connectivity index (χ0n) is 14.3. The third kappa shape index (κ3) is 3.34. The molecule has 130 valence electrons. The largest absolute Gasteiger partial charge is 0.391 e. The molecule has 0 aromatic carbocycles. The molecule has 3 rings (SSSR count). The highest BCUT2D eigenvalue weighted by Gasteiger charge is 2.40. The molecule has 2 aromatic heterocycles. The van der Waals surface area contributed by atoms with Crippen molar-refractivity contribution >= 4 is 17.2 Å². The lowest BCUT2D eigenvalue weighted by molar-refractivity contribution is 0.0697. The van der Waals surface area contributed by atoms with E-state index in [4.69, 9.17) is 4.52 Å². The summed E-state index contributed by atoms with van der Waals surface area (Å²) < 4.78 is 5.22. The van der Waals surface area contributed by atoms with Crippen LogP contribution in [0.15, 0.2) is 4.52 Å². The van der Waals surface area contributed by atoms with Crippen molar-refractivity contribution in [3.63, 3.8) is 0 Å². The van der Waals surface area contributed by atoms with Gasteiger partial charge in [-0.3, -0.25) is 4.79 Å². The predicted octanol–water partition coefficient (Wildman–Crippen LogP) is 2.29. The average molecular weight is 350 g/mol. The van der Waals surface area contributed by atoms with Gasteiger partial charge in [0, 0.05) is 19.4 Å². The smallest absolute Gasteiger partial charge is 0.266 e. The summed E-state index contributed by atoms with van der Waals surface area (Å²) in [4.78, 5) is 24.0. The van der Waals surface area contributed by atoms with Gasteiger partial charge in [0.15, 0.2) is 5.82 Å². The van der Waals surface area contributed by atoms with Gasteiger partial charge in [0.25, 0.3) is 5.91 Å². The first-order chi connectivity index (χ1) is 11.3. The number of carbonyl (C=O) groups is 1. The Kier molecular flexibility index (Phi) is 4.69. The molecule has 1 amide bonds. The number of likely N-dealkylation sites (tertiary alicyclic amines) is 1. The maximum atomic E-state index is 13.0. The first-order valence-electron chi connectivity index (χ1n) is 8.10.